The van der Waals surface area contributed by atoms with E-state index in [1.807, 2.05) is 0 Å². The zero-order chi connectivity index (χ0) is 8.69. The molecule has 0 aromatic carbocycles. The first-order valence-electron chi connectivity index (χ1n) is 4.68. The highest BCUT2D eigenvalue weighted by molar-refractivity contribution is 4.64. The second-order valence-electron chi connectivity index (χ2n) is 3.23. The molecule has 0 heterocycles. The summed E-state index contributed by atoms with van der Waals surface area (Å²) in [6.45, 7) is 8.46. The van der Waals surface area contributed by atoms with Gasteiger partial charge in [-0.05, 0) is 19.4 Å². The lowest BCUT2D eigenvalue weighted by atomic mass is 10.0. The second-order valence-corrected chi connectivity index (χ2v) is 3.23. The molecule has 0 aliphatic heterocycles. The van der Waals surface area contributed by atoms with Gasteiger partial charge in [0, 0.05) is 12.6 Å². The third-order valence-corrected chi connectivity index (χ3v) is 2.26. The minimum Gasteiger partial charge on any atom is -0.329 e. The normalized spacial score (nSPS) is 13.9. The standard InChI is InChI=1S/C9H22N2/c1-4-9(5-2)7-11-8(3)6-10/h8-9,11H,4-7,10H2,1-3H3/t8-/m0/s1. The fourth-order valence-electron chi connectivity index (χ4n) is 1.03. The van der Waals surface area contributed by atoms with Crippen LogP contribution >= 0.6 is 0 Å². The quantitative estimate of drug-likeness (QED) is 0.612. The highest BCUT2D eigenvalue weighted by Gasteiger charge is 2.04. The van der Waals surface area contributed by atoms with Crippen LogP contribution < -0.4 is 11.1 Å². The molecule has 11 heavy (non-hydrogen) atoms. The van der Waals surface area contributed by atoms with Gasteiger partial charge in [0.25, 0.3) is 0 Å². The van der Waals surface area contributed by atoms with Crippen LogP contribution in [0.5, 0.6) is 0 Å². The van der Waals surface area contributed by atoms with Gasteiger partial charge < -0.3 is 11.1 Å². The first-order valence-corrected chi connectivity index (χ1v) is 4.68. The SMILES string of the molecule is CCC(CC)CN[C@@H](C)CN. The Balaban J connectivity index is 3.34. The average molecular weight is 158 g/mol. The van der Waals surface area contributed by atoms with Crippen LogP contribution in [0.25, 0.3) is 0 Å². The monoisotopic (exact) mass is 158 g/mol. The molecule has 0 spiro atoms. The largest absolute Gasteiger partial charge is 0.329 e. The molecule has 0 fully saturated rings. The smallest absolute Gasteiger partial charge is 0.0162 e. The minimum absolute atomic E-state index is 0.468. The molecule has 0 aromatic heterocycles. The van der Waals surface area contributed by atoms with E-state index in [2.05, 4.69) is 26.1 Å². The van der Waals surface area contributed by atoms with Gasteiger partial charge in [-0.2, -0.15) is 0 Å². The summed E-state index contributed by atoms with van der Waals surface area (Å²) in [6, 6.07) is 0.468. The van der Waals surface area contributed by atoms with Crippen molar-refractivity contribution in [2.75, 3.05) is 13.1 Å². The third kappa shape index (κ3) is 5.22. The van der Waals surface area contributed by atoms with Gasteiger partial charge in [0.15, 0.2) is 0 Å². The molecule has 0 amide bonds. The molecule has 2 heteroatoms. The van der Waals surface area contributed by atoms with E-state index >= 15 is 0 Å². The lowest BCUT2D eigenvalue weighted by molar-refractivity contribution is 0.420. The first kappa shape index (κ1) is 10.9. The summed E-state index contributed by atoms with van der Waals surface area (Å²) < 4.78 is 0. The van der Waals surface area contributed by atoms with Gasteiger partial charge >= 0.3 is 0 Å². The van der Waals surface area contributed by atoms with E-state index in [4.69, 9.17) is 5.73 Å². The highest BCUT2D eigenvalue weighted by atomic mass is 14.9. The fraction of sp³-hybridized carbons (Fsp3) is 1.00. The zero-order valence-electron chi connectivity index (χ0n) is 8.06. The van der Waals surface area contributed by atoms with Crippen LogP contribution in [0.15, 0.2) is 0 Å². The summed E-state index contributed by atoms with van der Waals surface area (Å²) in [4.78, 5) is 0. The molecular formula is C9H22N2. The molecule has 0 aromatic rings. The van der Waals surface area contributed by atoms with Crippen molar-refractivity contribution in [2.45, 2.75) is 39.7 Å². The molecule has 68 valence electrons. The molecule has 3 N–H and O–H groups in total. The maximum Gasteiger partial charge on any atom is 0.0162 e. The van der Waals surface area contributed by atoms with E-state index in [-0.39, 0.29) is 0 Å². The van der Waals surface area contributed by atoms with E-state index in [0.717, 1.165) is 19.0 Å². The van der Waals surface area contributed by atoms with Crippen LogP contribution in [0.4, 0.5) is 0 Å². The zero-order valence-corrected chi connectivity index (χ0v) is 8.06. The van der Waals surface area contributed by atoms with Crippen molar-refractivity contribution >= 4 is 0 Å². The summed E-state index contributed by atoms with van der Waals surface area (Å²) in [5, 5.41) is 3.41. The molecule has 0 saturated heterocycles. The van der Waals surface area contributed by atoms with Crippen LogP contribution in [0, 0.1) is 5.92 Å². The van der Waals surface area contributed by atoms with Crippen LogP contribution in [-0.2, 0) is 0 Å². The lowest BCUT2D eigenvalue weighted by Crippen LogP contribution is -2.36. The molecule has 0 unspecified atom stereocenters. The molecule has 0 aliphatic carbocycles. The summed E-state index contributed by atoms with van der Waals surface area (Å²) in [5.41, 5.74) is 5.48. The molecule has 2 nitrogen and oxygen atoms in total. The number of nitrogens with one attached hydrogen (secondary N) is 1. The van der Waals surface area contributed by atoms with Gasteiger partial charge in [-0.25, -0.2) is 0 Å². The minimum atomic E-state index is 0.468. The average Bonchev–Trinajstić information content (AvgIpc) is 2.06. The predicted molar refractivity (Wildman–Crippen MR) is 50.6 cm³/mol. The molecule has 0 saturated carbocycles. The molecule has 0 radical (unpaired) electrons. The van der Waals surface area contributed by atoms with Crippen LogP contribution in [0.2, 0.25) is 0 Å². The lowest BCUT2D eigenvalue weighted by Gasteiger charge is -2.16. The van der Waals surface area contributed by atoms with Gasteiger partial charge in [-0.15, -0.1) is 0 Å². The van der Waals surface area contributed by atoms with Crippen molar-refractivity contribution in [3.05, 3.63) is 0 Å². The number of hydrogen-bond donors (Lipinski definition) is 2. The maximum atomic E-state index is 5.48. The highest BCUT2D eigenvalue weighted by Crippen LogP contribution is 2.05. The van der Waals surface area contributed by atoms with Crippen LogP contribution in [0.3, 0.4) is 0 Å². The van der Waals surface area contributed by atoms with Gasteiger partial charge in [-0.3, -0.25) is 0 Å². The van der Waals surface area contributed by atoms with Gasteiger partial charge in [0.1, 0.15) is 0 Å². The Morgan fingerprint density at radius 1 is 1.27 bits per heavy atom. The Bertz CT molecular complexity index is 79.6. The van der Waals surface area contributed by atoms with E-state index in [9.17, 15) is 0 Å². The summed E-state index contributed by atoms with van der Waals surface area (Å²) in [6.07, 6.45) is 2.53. The summed E-state index contributed by atoms with van der Waals surface area (Å²) >= 11 is 0. The maximum absolute atomic E-state index is 5.48. The van der Waals surface area contributed by atoms with Crippen molar-refractivity contribution in [2.24, 2.45) is 11.7 Å². The van der Waals surface area contributed by atoms with Crippen LogP contribution in [0.1, 0.15) is 33.6 Å². The Kier molecular flexibility index (Phi) is 6.57. The molecule has 0 aliphatic rings. The Labute approximate surface area is 70.5 Å². The second kappa shape index (κ2) is 6.62. The third-order valence-electron chi connectivity index (χ3n) is 2.26. The Hall–Kier alpha value is -0.0800. The van der Waals surface area contributed by atoms with E-state index in [1.54, 1.807) is 0 Å². The fourth-order valence-corrected chi connectivity index (χ4v) is 1.03. The van der Waals surface area contributed by atoms with Crippen molar-refractivity contribution in [1.29, 1.82) is 0 Å². The van der Waals surface area contributed by atoms with E-state index in [0.29, 0.717) is 6.04 Å². The predicted octanol–water partition coefficient (Wildman–Crippen LogP) is 1.36. The van der Waals surface area contributed by atoms with Crippen molar-refractivity contribution in [3.63, 3.8) is 0 Å². The molecular weight excluding hydrogens is 136 g/mol. The first-order chi connectivity index (χ1) is 5.24. The Morgan fingerprint density at radius 2 is 1.82 bits per heavy atom. The van der Waals surface area contributed by atoms with Crippen molar-refractivity contribution in [1.82, 2.24) is 5.32 Å². The van der Waals surface area contributed by atoms with Crippen molar-refractivity contribution in [3.8, 4) is 0 Å². The van der Waals surface area contributed by atoms with Gasteiger partial charge in [-0.1, -0.05) is 26.7 Å². The molecule has 0 rings (SSSR count). The van der Waals surface area contributed by atoms with E-state index < -0.39 is 0 Å². The molecule has 1 atom stereocenters. The van der Waals surface area contributed by atoms with Crippen molar-refractivity contribution < 1.29 is 0 Å². The van der Waals surface area contributed by atoms with Gasteiger partial charge in [0.05, 0.1) is 0 Å². The van der Waals surface area contributed by atoms with Crippen LogP contribution in [-0.4, -0.2) is 19.1 Å². The van der Waals surface area contributed by atoms with Gasteiger partial charge in [0.2, 0.25) is 0 Å². The topological polar surface area (TPSA) is 38.0 Å². The van der Waals surface area contributed by atoms with E-state index in [1.165, 1.54) is 12.8 Å². The molecule has 0 bridgehead atoms. The Morgan fingerprint density at radius 3 is 2.18 bits per heavy atom. The summed E-state index contributed by atoms with van der Waals surface area (Å²) in [5.74, 6) is 0.823. The number of hydrogen-bond acceptors (Lipinski definition) is 2. The number of nitrogens with two attached hydrogens (primary N) is 1. The number of rotatable bonds is 6. The summed E-state index contributed by atoms with van der Waals surface area (Å²) in [7, 11) is 0.